The maximum atomic E-state index is 13.0. The predicted octanol–water partition coefficient (Wildman–Crippen LogP) is 3.36. The van der Waals surface area contributed by atoms with Crippen LogP contribution in [0.4, 0.5) is 0 Å². The van der Waals surface area contributed by atoms with Gasteiger partial charge in [0.25, 0.3) is 0 Å². The highest BCUT2D eigenvalue weighted by atomic mass is 16.7. The molecule has 5 atom stereocenters. The molecule has 1 heterocycles. The van der Waals surface area contributed by atoms with Gasteiger partial charge in [0.2, 0.25) is 6.29 Å². The second kappa shape index (κ2) is 14.6. The summed E-state index contributed by atoms with van der Waals surface area (Å²) >= 11 is 0. The summed E-state index contributed by atoms with van der Waals surface area (Å²) in [4.78, 5) is 38.1. The fourth-order valence-corrected chi connectivity index (χ4v) is 4.63. The van der Waals surface area contributed by atoms with Crippen molar-refractivity contribution in [2.45, 2.75) is 37.3 Å². The minimum absolute atomic E-state index is 0.00253. The molecule has 0 spiro atoms. The first-order chi connectivity index (χ1) is 22.2. The number of phenolic OH excluding ortho intramolecular Hbond substituents is 2. The zero-order chi connectivity index (χ0) is 32.6. The van der Waals surface area contributed by atoms with E-state index < -0.39 is 61.8 Å². The topological polar surface area (TPSA) is 178 Å². The normalized spacial score (nSPS) is 20.7. The summed E-state index contributed by atoms with van der Waals surface area (Å²) in [6.07, 6.45) is -7.92. The minimum atomic E-state index is -1.76. The molecule has 12 heteroatoms. The van der Waals surface area contributed by atoms with Gasteiger partial charge >= 0.3 is 17.9 Å². The summed E-state index contributed by atoms with van der Waals surface area (Å²) in [6, 6.07) is 25.7. The maximum Gasteiger partial charge on any atom is 0.342 e. The van der Waals surface area contributed by atoms with Gasteiger partial charge < -0.3 is 44.1 Å². The quantitative estimate of drug-likeness (QED) is 0.149. The van der Waals surface area contributed by atoms with Gasteiger partial charge in [-0.1, -0.05) is 48.5 Å². The lowest BCUT2D eigenvalue weighted by molar-refractivity contribution is -0.276. The molecule has 238 valence electrons. The number of carbonyl (C=O) groups excluding carboxylic acids is 3. The van der Waals surface area contributed by atoms with Crippen molar-refractivity contribution in [3.05, 3.63) is 125 Å². The van der Waals surface area contributed by atoms with Crippen molar-refractivity contribution in [1.82, 2.24) is 0 Å². The van der Waals surface area contributed by atoms with Gasteiger partial charge in [-0.2, -0.15) is 0 Å². The number of esters is 3. The van der Waals surface area contributed by atoms with Crippen LogP contribution in [0.15, 0.2) is 103 Å². The van der Waals surface area contributed by atoms with Crippen LogP contribution in [0.2, 0.25) is 0 Å². The predicted molar refractivity (Wildman–Crippen MR) is 159 cm³/mol. The molecule has 46 heavy (non-hydrogen) atoms. The number of para-hydroxylation sites is 1. The third kappa shape index (κ3) is 7.61. The Morgan fingerprint density at radius 3 is 2.00 bits per heavy atom. The van der Waals surface area contributed by atoms with Crippen molar-refractivity contribution in [2.75, 3.05) is 6.61 Å². The number of aliphatic hydroxyl groups is 2. The first-order valence-corrected chi connectivity index (χ1v) is 14.1. The van der Waals surface area contributed by atoms with E-state index in [2.05, 4.69) is 0 Å². The van der Waals surface area contributed by atoms with Crippen LogP contribution in [0.3, 0.4) is 0 Å². The summed E-state index contributed by atoms with van der Waals surface area (Å²) in [7, 11) is 0. The molecule has 4 N–H and O–H groups in total. The molecule has 4 aromatic carbocycles. The number of hydrogen-bond donors (Lipinski definition) is 4. The second-order valence-electron chi connectivity index (χ2n) is 10.2. The average Bonchev–Trinajstić information content (AvgIpc) is 3.08. The van der Waals surface area contributed by atoms with E-state index >= 15 is 0 Å². The fourth-order valence-electron chi connectivity index (χ4n) is 4.63. The van der Waals surface area contributed by atoms with Gasteiger partial charge in [-0.25, -0.2) is 14.4 Å². The number of benzene rings is 4. The number of ether oxygens (including phenoxy) is 5. The smallest absolute Gasteiger partial charge is 0.342 e. The number of rotatable bonds is 10. The largest absolute Gasteiger partial charge is 0.508 e. The van der Waals surface area contributed by atoms with Crippen LogP contribution in [0.1, 0.15) is 36.6 Å². The lowest BCUT2D eigenvalue weighted by atomic mass is 9.98. The molecule has 0 amide bonds. The van der Waals surface area contributed by atoms with Gasteiger partial charge in [-0.15, -0.1) is 0 Å². The third-order valence-electron chi connectivity index (χ3n) is 7.06. The van der Waals surface area contributed by atoms with Crippen molar-refractivity contribution in [1.29, 1.82) is 0 Å². The van der Waals surface area contributed by atoms with Crippen LogP contribution >= 0.6 is 0 Å². The highest BCUT2D eigenvalue weighted by molar-refractivity contribution is 5.92. The number of aliphatic hydroxyl groups excluding tert-OH is 2. The monoisotopic (exact) mass is 630 g/mol. The first kappa shape index (κ1) is 32.0. The standard InChI is InChI=1S/C34H30O12/c35-23-15-16-26(22(17-23)18-42-33(41)24-13-7-8-14-25(24)36)44-34-30(46-32(40)21-11-5-2-6-12-21)29(38)28(37)27(45-34)19-43-31(39)20-9-3-1-4-10-20/h1-17,27-30,34-38H,18-19H2. The minimum Gasteiger partial charge on any atom is -0.508 e. The molecule has 12 nitrogen and oxygen atoms in total. The Balaban J connectivity index is 1.37. The highest BCUT2D eigenvalue weighted by Crippen LogP contribution is 2.31. The molecule has 0 saturated carbocycles. The highest BCUT2D eigenvalue weighted by Gasteiger charge is 2.49. The molecule has 0 bridgehead atoms. The van der Waals surface area contributed by atoms with E-state index in [-0.39, 0.29) is 39.5 Å². The Morgan fingerprint density at radius 2 is 1.33 bits per heavy atom. The number of hydrogen-bond acceptors (Lipinski definition) is 12. The van der Waals surface area contributed by atoms with Crippen LogP contribution in [0, 0.1) is 0 Å². The van der Waals surface area contributed by atoms with Crippen molar-refractivity contribution < 1.29 is 58.5 Å². The van der Waals surface area contributed by atoms with E-state index in [0.717, 1.165) is 0 Å². The van der Waals surface area contributed by atoms with Crippen molar-refractivity contribution >= 4 is 17.9 Å². The van der Waals surface area contributed by atoms with Crippen molar-refractivity contribution in [2.24, 2.45) is 0 Å². The zero-order valence-corrected chi connectivity index (χ0v) is 24.2. The molecule has 5 unspecified atom stereocenters. The Morgan fingerprint density at radius 1 is 0.696 bits per heavy atom. The SMILES string of the molecule is O=C(OCC1OC(Oc2ccc(O)cc2COC(=O)c2ccccc2O)C(OC(=O)c2ccccc2)C(O)C1O)c1ccccc1. The lowest BCUT2D eigenvalue weighted by Crippen LogP contribution is -2.61. The molecule has 0 aliphatic carbocycles. The second-order valence-corrected chi connectivity index (χ2v) is 10.2. The Kier molecular flexibility index (Phi) is 10.1. The summed E-state index contributed by atoms with van der Waals surface area (Å²) < 4.78 is 28.1. The molecule has 0 aromatic heterocycles. The van der Waals surface area contributed by atoms with Crippen LogP contribution in [0.5, 0.6) is 17.2 Å². The van der Waals surface area contributed by atoms with E-state index in [9.17, 15) is 34.8 Å². The molecule has 1 aliphatic rings. The summed E-state index contributed by atoms with van der Waals surface area (Å²) in [6.45, 7) is -0.923. The number of phenols is 2. The molecule has 4 aromatic rings. The number of carbonyl (C=O) groups is 3. The van der Waals surface area contributed by atoms with Gasteiger partial charge in [-0.05, 0) is 54.6 Å². The molecule has 0 radical (unpaired) electrons. The van der Waals surface area contributed by atoms with Crippen LogP contribution in [-0.4, -0.2) is 75.6 Å². The van der Waals surface area contributed by atoms with Crippen molar-refractivity contribution in [3.8, 4) is 17.2 Å². The van der Waals surface area contributed by atoms with Gasteiger partial charge in [0.1, 0.15) is 54.3 Å². The summed E-state index contributed by atoms with van der Waals surface area (Å²) in [5.41, 5.74) is 0.470. The molecule has 5 rings (SSSR count). The van der Waals surface area contributed by atoms with Crippen LogP contribution in [0.25, 0.3) is 0 Å². The van der Waals surface area contributed by atoms with Gasteiger partial charge in [-0.3, -0.25) is 0 Å². The van der Waals surface area contributed by atoms with E-state index in [0.29, 0.717) is 0 Å². The number of aromatic hydroxyl groups is 2. The van der Waals surface area contributed by atoms with E-state index in [4.69, 9.17) is 23.7 Å². The molecule has 1 fully saturated rings. The Labute approximate surface area is 262 Å². The van der Waals surface area contributed by atoms with Gasteiger partial charge in [0.05, 0.1) is 11.1 Å². The van der Waals surface area contributed by atoms with Crippen LogP contribution < -0.4 is 4.74 Å². The maximum absolute atomic E-state index is 13.0. The zero-order valence-electron chi connectivity index (χ0n) is 24.2. The Bertz CT molecular complexity index is 1660. The molecule has 1 saturated heterocycles. The van der Waals surface area contributed by atoms with Gasteiger partial charge in [0.15, 0.2) is 6.10 Å². The summed E-state index contributed by atoms with van der Waals surface area (Å²) in [5, 5.41) is 42.2. The molecular formula is C34H30O12. The van der Waals surface area contributed by atoms with Gasteiger partial charge in [0, 0.05) is 5.56 Å². The van der Waals surface area contributed by atoms with Crippen molar-refractivity contribution in [3.63, 3.8) is 0 Å². The van der Waals surface area contributed by atoms with Crippen LogP contribution in [-0.2, 0) is 25.6 Å². The fraction of sp³-hybridized carbons (Fsp3) is 0.206. The average molecular weight is 631 g/mol. The van der Waals surface area contributed by atoms with E-state index in [1.807, 2.05) is 0 Å². The van der Waals surface area contributed by atoms with E-state index in [1.54, 1.807) is 60.7 Å². The first-order valence-electron chi connectivity index (χ1n) is 14.1. The third-order valence-corrected chi connectivity index (χ3v) is 7.06. The Hall–Kier alpha value is -5.43. The molecule has 1 aliphatic heterocycles. The molecular weight excluding hydrogens is 600 g/mol. The summed E-state index contributed by atoms with van der Waals surface area (Å²) in [5.74, 6) is -2.88. The van der Waals surface area contributed by atoms with E-state index in [1.165, 1.54) is 42.5 Å². The lowest BCUT2D eigenvalue weighted by Gasteiger charge is -2.41.